The van der Waals surface area contributed by atoms with Crippen molar-refractivity contribution < 1.29 is 21.6 Å². The number of anilines is 1. The maximum absolute atomic E-state index is 12.6. The average molecular weight is 497 g/mol. The summed E-state index contributed by atoms with van der Waals surface area (Å²) < 4.78 is 53.6. The van der Waals surface area contributed by atoms with Crippen molar-refractivity contribution in [2.75, 3.05) is 16.6 Å². The fourth-order valence-corrected chi connectivity index (χ4v) is 7.53. The molecule has 1 saturated heterocycles. The van der Waals surface area contributed by atoms with E-state index in [9.17, 15) is 21.6 Å². The number of sulfonamides is 2. The average Bonchev–Trinajstić information content (AvgIpc) is 3.44. The highest BCUT2D eigenvalue weighted by atomic mass is 32.2. The van der Waals surface area contributed by atoms with E-state index in [1.165, 1.54) is 51.2 Å². The summed E-state index contributed by atoms with van der Waals surface area (Å²) in [6.07, 6.45) is 1.41. The lowest BCUT2D eigenvalue weighted by atomic mass is 10.2. The van der Waals surface area contributed by atoms with Gasteiger partial charge in [0.15, 0.2) is 0 Å². The van der Waals surface area contributed by atoms with Gasteiger partial charge in [0.25, 0.3) is 0 Å². The Kier molecular flexibility index (Phi) is 6.31. The van der Waals surface area contributed by atoms with Crippen LogP contribution in [0.5, 0.6) is 0 Å². The van der Waals surface area contributed by atoms with Gasteiger partial charge in [-0.1, -0.05) is 0 Å². The number of nitrogens with one attached hydrogen (secondary N) is 1. The van der Waals surface area contributed by atoms with Gasteiger partial charge < -0.3 is 0 Å². The van der Waals surface area contributed by atoms with Gasteiger partial charge in [-0.15, -0.1) is 11.3 Å². The largest absolute Gasteiger partial charge is 0.288 e. The maximum atomic E-state index is 12.6. The molecule has 7 nitrogen and oxygen atoms in total. The van der Waals surface area contributed by atoms with Crippen LogP contribution in [0.3, 0.4) is 0 Å². The molecule has 164 valence electrons. The van der Waals surface area contributed by atoms with E-state index < -0.39 is 20.0 Å². The normalized spacial score (nSPS) is 16.3. The molecule has 3 heterocycles. The third-order valence-corrected chi connectivity index (χ3v) is 9.94. The lowest BCUT2D eigenvalue weighted by molar-refractivity contribution is 0.104. The summed E-state index contributed by atoms with van der Waals surface area (Å²) in [5, 5.41) is 3.62. The van der Waals surface area contributed by atoms with Crippen molar-refractivity contribution in [3.63, 3.8) is 0 Å². The summed E-state index contributed by atoms with van der Waals surface area (Å²) in [6.45, 7) is 0.462. The van der Waals surface area contributed by atoms with E-state index in [1.54, 1.807) is 23.6 Å². The second-order valence-corrected chi connectivity index (χ2v) is 12.7. The van der Waals surface area contributed by atoms with Gasteiger partial charge in [0, 0.05) is 28.9 Å². The van der Waals surface area contributed by atoms with Gasteiger partial charge in [0.2, 0.25) is 25.8 Å². The summed E-state index contributed by atoms with van der Waals surface area (Å²) in [4.78, 5) is 13.7. The van der Waals surface area contributed by atoms with E-state index in [2.05, 4.69) is 4.72 Å². The van der Waals surface area contributed by atoms with Crippen LogP contribution in [0.4, 0.5) is 5.69 Å². The Morgan fingerprint density at radius 2 is 1.84 bits per heavy atom. The van der Waals surface area contributed by atoms with Crippen LogP contribution in [0.1, 0.15) is 33.0 Å². The monoisotopic (exact) mass is 496 g/mol. The molecule has 4 rings (SSSR count). The molecule has 0 saturated carbocycles. The maximum Gasteiger partial charge on any atom is 0.240 e. The summed E-state index contributed by atoms with van der Waals surface area (Å²) >= 11 is 2.70. The number of rotatable bonds is 7. The Hall–Kier alpha value is -2.05. The lowest BCUT2D eigenvalue weighted by Crippen LogP contribution is -2.37. The van der Waals surface area contributed by atoms with Gasteiger partial charge in [-0.3, -0.25) is 9.10 Å². The molecule has 1 aliphatic rings. The predicted octanol–water partition coefficient (Wildman–Crippen LogP) is 3.45. The number of carbonyl (C=O) groups excluding carboxylic acids is 1. The molecule has 11 heteroatoms. The highest BCUT2D eigenvalue weighted by Crippen LogP contribution is 2.25. The minimum Gasteiger partial charge on any atom is -0.288 e. The summed E-state index contributed by atoms with van der Waals surface area (Å²) in [5.41, 5.74) is 1.09. The van der Waals surface area contributed by atoms with Gasteiger partial charge in [0.1, 0.15) is 0 Å². The van der Waals surface area contributed by atoms with E-state index in [0.29, 0.717) is 29.1 Å². The van der Waals surface area contributed by atoms with Crippen LogP contribution in [0, 0.1) is 0 Å². The van der Waals surface area contributed by atoms with Gasteiger partial charge in [0.05, 0.1) is 21.2 Å². The molecule has 0 radical (unpaired) electrons. The molecule has 2 aromatic heterocycles. The molecule has 1 N–H and O–H groups in total. The van der Waals surface area contributed by atoms with Gasteiger partial charge in [-0.2, -0.15) is 11.3 Å². The zero-order valence-electron chi connectivity index (χ0n) is 16.4. The Bertz CT molecular complexity index is 1280. The molecule has 1 fully saturated rings. The van der Waals surface area contributed by atoms with Crippen LogP contribution in [-0.2, 0) is 26.6 Å². The first-order valence-electron chi connectivity index (χ1n) is 9.52. The second-order valence-electron chi connectivity index (χ2n) is 7.02. The highest BCUT2D eigenvalue weighted by molar-refractivity contribution is 7.92. The van der Waals surface area contributed by atoms with Crippen LogP contribution in [0.15, 0.2) is 58.1 Å². The van der Waals surface area contributed by atoms with Crippen LogP contribution < -0.4 is 9.03 Å². The standard InChI is InChI=1S/C20H20N2O5S4/c23-20(15-9-11-28-14-15)19-8-5-17(29-19)13-21-31(26,27)18-6-3-16(4-7-18)22-10-1-2-12-30(22,24)25/h3-9,11,14,21H,1-2,10,12-13H2. The Balaban J connectivity index is 1.43. The van der Waals surface area contributed by atoms with Crippen molar-refractivity contribution in [2.24, 2.45) is 0 Å². The molecule has 1 aromatic carbocycles. The molecule has 0 bridgehead atoms. The minimum atomic E-state index is -3.78. The predicted molar refractivity (Wildman–Crippen MR) is 123 cm³/mol. The Labute approximate surface area is 189 Å². The van der Waals surface area contributed by atoms with E-state index >= 15 is 0 Å². The third kappa shape index (κ3) is 4.90. The smallest absolute Gasteiger partial charge is 0.240 e. The van der Waals surface area contributed by atoms with Crippen molar-refractivity contribution in [2.45, 2.75) is 24.3 Å². The summed E-state index contributed by atoms with van der Waals surface area (Å²) in [6, 6.07) is 11.0. The first kappa shape index (κ1) is 22.2. The molecular weight excluding hydrogens is 476 g/mol. The second kappa shape index (κ2) is 8.83. The van der Waals surface area contributed by atoms with Crippen molar-refractivity contribution in [3.05, 3.63) is 68.5 Å². The quantitative estimate of drug-likeness (QED) is 0.505. The lowest BCUT2D eigenvalue weighted by Gasteiger charge is -2.28. The minimum absolute atomic E-state index is 0.0526. The Morgan fingerprint density at radius 1 is 1.06 bits per heavy atom. The number of carbonyl (C=O) groups is 1. The molecular formula is C20H20N2O5S4. The van der Waals surface area contributed by atoms with Gasteiger partial charge in [-0.05, 0) is 60.7 Å². The molecule has 31 heavy (non-hydrogen) atoms. The number of ketones is 1. The number of benzene rings is 1. The number of thiophene rings is 2. The highest BCUT2D eigenvalue weighted by Gasteiger charge is 2.26. The zero-order valence-corrected chi connectivity index (χ0v) is 19.6. The molecule has 0 aliphatic carbocycles. The zero-order chi connectivity index (χ0) is 22.1. The molecule has 0 amide bonds. The molecule has 1 aliphatic heterocycles. The number of nitrogens with zero attached hydrogens (tertiary/aromatic N) is 1. The topological polar surface area (TPSA) is 101 Å². The van der Waals surface area contributed by atoms with Crippen LogP contribution in [0.25, 0.3) is 0 Å². The van der Waals surface area contributed by atoms with E-state index in [4.69, 9.17) is 0 Å². The van der Waals surface area contributed by atoms with E-state index in [0.717, 1.165) is 11.3 Å². The number of hydrogen-bond donors (Lipinski definition) is 1. The molecule has 3 aromatic rings. The van der Waals surface area contributed by atoms with E-state index in [-0.39, 0.29) is 23.0 Å². The summed E-state index contributed by atoms with van der Waals surface area (Å²) in [5.74, 6) is 0.0235. The first-order chi connectivity index (χ1) is 14.8. The Morgan fingerprint density at radius 3 is 2.52 bits per heavy atom. The fraction of sp³-hybridized carbons (Fsp3) is 0.250. The first-order valence-corrected chi connectivity index (χ1v) is 14.4. The van der Waals surface area contributed by atoms with Crippen molar-refractivity contribution >= 4 is 54.2 Å². The number of hydrogen-bond acceptors (Lipinski definition) is 7. The van der Waals surface area contributed by atoms with E-state index in [1.807, 2.05) is 5.38 Å². The van der Waals surface area contributed by atoms with Crippen LogP contribution >= 0.6 is 22.7 Å². The summed E-state index contributed by atoms with van der Waals surface area (Å²) in [7, 11) is -7.13. The van der Waals surface area contributed by atoms with Crippen molar-refractivity contribution in [1.82, 2.24) is 4.72 Å². The van der Waals surface area contributed by atoms with Crippen LogP contribution in [-0.4, -0.2) is 34.9 Å². The van der Waals surface area contributed by atoms with Gasteiger partial charge >= 0.3 is 0 Å². The van der Waals surface area contributed by atoms with Crippen molar-refractivity contribution in [3.8, 4) is 0 Å². The fourth-order valence-electron chi connectivity index (χ4n) is 3.25. The molecule has 0 unspecified atom stereocenters. The molecule has 0 spiro atoms. The molecule has 0 atom stereocenters. The van der Waals surface area contributed by atoms with Crippen LogP contribution in [0.2, 0.25) is 0 Å². The van der Waals surface area contributed by atoms with Gasteiger partial charge in [-0.25, -0.2) is 21.6 Å². The SMILES string of the molecule is O=C(c1ccsc1)c1ccc(CNS(=O)(=O)c2ccc(N3CCCCS3(=O)=O)cc2)s1. The third-order valence-electron chi connectivity index (χ3n) is 4.89. The van der Waals surface area contributed by atoms with Crippen molar-refractivity contribution in [1.29, 1.82) is 0 Å².